The van der Waals surface area contributed by atoms with Crippen molar-refractivity contribution in [3.63, 3.8) is 0 Å². The second-order valence-electron chi connectivity index (χ2n) is 8.33. The first-order valence-corrected chi connectivity index (χ1v) is 11.5. The Balaban J connectivity index is 1.59. The van der Waals surface area contributed by atoms with E-state index in [2.05, 4.69) is 20.3 Å². The number of rotatable bonds is 12. The van der Waals surface area contributed by atoms with Crippen LogP contribution in [-0.2, 0) is 22.2 Å². The molecule has 0 radical (unpaired) electrons. The van der Waals surface area contributed by atoms with Gasteiger partial charge in [0.05, 0.1) is 24.8 Å². The fraction of sp³-hybridized carbons (Fsp3) is 0.458. The lowest BCUT2D eigenvalue weighted by Gasteiger charge is -2.16. The van der Waals surface area contributed by atoms with Gasteiger partial charge in [-0.15, -0.1) is 0 Å². The number of pyridine rings is 1. The molecule has 0 saturated heterocycles. The van der Waals surface area contributed by atoms with Gasteiger partial charge in [-0.25, -0.2) is 15.0 Å². The zero-order valence-electron chi connectivity index (χ0n) is 20.0. The van der Waals surface area contributed by atoms with Crippen LogP contribution in [0.2, 0.25) is 0 Å². The van der Waals surface area contributed by atoms with Crippen LogP contribution in [0.3, 0.4) is 0 Å². The van der Waals surface area contributed by atoms with Crippen molar-refractivity contribution in [1.82, 2.24) is 15.0 Å². The summed E-state index contributed by atoms with van der Waals surface area (Å²) in [5.74, 6) is 1.66. The number of hydrogen-bond donors (Lipinski definition) is 2. The van der Waals surface area contributed by atoms with Gasteiger partial charge >= 0.3 is 6.18 Å². The minimum atomic E-state index is -4.60. The molecule has 12 heteroatoms. The van der Waals surface area contributed by atoms with Gasteiger partial charge < -0.3 is 30.0 Å². The monoisotopic (exact) mass is 507 g/mol. The molecule has 0 aliphatic heterocycles. The number of nitrogens with one attached hydrogen (secondary N) is 1. The smallest absolute Gasteiger partial charge is 0.433 e. The number of anilines is 2. The van der Waals surface area contributed by atoms with Crippen LogP contribution >= 0.6 is 0 Å². The highest BCUT2D eigenvalue weighted by atomic mass is 19.4. The van der Waals surface area contributed by atoms with Gasteiger partial charge in [0.25, 0.3) is 0 Å². The van der Waals surface area contributed by atoms with Gasteiger partial charge in [-0.05, 0) is 43.5 Å². The lowest BCUT2D eigenvalue weighted by atomic mass is 10.1. The highest BCUT2D eigenvalue weighted by Crippen LogP contribution is 2.35. The lowest BCUT2D eigenvalue weighted by molar-refractivity contribution is -0.141. The molecule has 36 heavy (non-hydrogen) atoms. The average molecular weight is 508 g/mol. The van der Waals surface area contributed by atoms with Crippen LogP contribution in [-0.4, -0.2) is 54.6 Å². The molecule has 2 heterocycles. The van der Waals surface area contributed by atoms with E-state index >= 15 is 0 Å². The van der Waals surface area contributed by atoms with Gasteiger partial charge in [0.1, 0.15) is 36.4 Å². The molecule has 1 aliphatic carbocycles. The van der Waals surface area contributed by atoms with E-state index in [1.165, 1.54) is 6.07 Å². The minimum absolute atomic E-state index is 0.0405. The van der Waals surface area contributed by atoms with E-state index in [4.69, 9.17) is 24.7 Å². The Hall–Kier alpha value is -3.38. The van der Waals surface area contributed by atoms with Crippen molar-refractivity contribution in [3.8, 4) is 11.5 Å². The number of aromatic nitrogens is 3. The number of hydrogen-bond acceptors (Lipinski definition) is 9. The number of ether oxygens (including phenoxy) is 4. The second-order valence-corrected chi connectivity index (χ2v) is 8.33. The highest BCUT2D eigenvalue weighted by Gasteiger charge is 2.33. The van der Waals surface area contributed by atoms with Crippen molar-refractivity contribution in [3.05, 3.63) is 41.3 Å². The van der Waals surface area contributed by atoms with Crippen LogP contribution in [0.25, 0.3) is 10.9 Å². The number of methoxy groups -OCH3 is 1. The highest BCUT2D eigenvalue weighted by molar-refractivity contribution is 5.91. The first kappa shape index (κ1) is 25.7. The number of nitrogens with zero attached hydrogens (tertiary/aromatic N) is 3. The maximum atomic E-state index is 13.1. The molecular weight excluding hydrogens is 479 g/mol. The molecule has 3 aromatic rings. The largest absolute Gasteiger partial charge is 0.487 e. The molecule has 1 fully saturated rings. The normalized spacial score (nSPS) is 13.7. The topological polar surface area (TPSA) is 114 Å². The Labute approximate surface area is 206 Å². The van der Waals surface area contributed by atoms with Gasteiger partial charge in [0.2, 0.25) is 0 Å². The van der Waals surface area contributed by atoms with E-state index in [1.54, 1.807) is 26.2 Å². The number of benzene rings is 1. The molecule has 9 nitrogen and oxygen atoms in total. The molecule has 2 aromatic heterocycles. The van der Waals surface area contributed by atoms with Gasteiger partial charge in [-0.1, -0.05) is 0 Å². The van der Waals surface area contributed by atoms with Crippen LogP contribution in [0.4, 0.5) is 24.8 Å². The number of aryl methyl sites for hydroxylation is 1. The molecule has 0 amide bonds. The molecule has 0 bridgehead atoms. The van der Waals surface area contributed by atoms with Gasteiger partial charge in [0, 0.05) is 25.1 Å². The third kappa shape index (κ3) is 6.85. The molecule has 0 atom stereocenters. The summed E-state index contributed by atoms with van der Waals surface area (Å²) in [7, 11) is 1.58. The Morgan fingerprint density at radius 1 is 0.972 bits per heavy atom. The summed E-state index contributed by atoms with van der Waals surface area (Å²) < 4.78 is 61.9. The Morgan fingerprint density at radius 2 is 1.69 bits per heavy atom. The molecule has 4 rings (SSSR count). The van der Waals surface area contributed by atoms with Crippen molar-refractivity contribution in [2.45, 2.75) is 38.6 Å². The third-order valence-electron chi connectivity index (χ3n) is 5.29. The summed E-state index contributed by atoms with van der Waals surface area (Å²) in [5, 5.41) is 3.72. The van der Waals surface area contributed by atoms with E-state index < -0.39 is 11.9 Å². The minimum Gasteiger partial charge on any atom is -0.487 e. The fourth-order valence-corrected chi connectivity index (χ4v) is 3.49. The summed E-state index contributed by atoms with van der Waals surface area (Å²) >= 11 is 0. The summed E-state index contributed by atoms with van der Waals surface area (Å²) in [6, 6.07) is 5.83. The van der Waals surface area contributed by atoms with Crippen LogP contribution in [0.5, 0.6) is 11.5 Å². The maximum Gasteiger partial charge on any atom is 0.433 e. The molecule has 0 spiro atoms. The predicted molar refractivity (Wildman–Crippen MR) is 127 cm³/mol. The van der Waals surface area contributed by atoms with Crippen molar-refractivity contribution >= 4 is 22.5 Å². The second kappa shape index (κ2) is 11.1. The summed E-state index contributed by atoms with van der Waals surface area (Å²) in [6.45, 7) is 3.25. The quantitative estimate of drug-likeness (QED) is 0.349. The summed E-state index contributed by atoms with van der Waals surface area (Å²) in [4.78, 5) is 12.3. The van der Waals surface area contributed by atoms with E-state index in [-0.39, 0.29) is 12.4 Å². The van der Waals surface area contributed by atoms with Crippen molar-refractivity contribution in [2.24, 2.45) is 0 Å². The Morgan fingerprint density at radius 3 is 2.39 bits per heavy atom. The molecule has 1 aromatic carbocycles. The van der Waals surface area contributed by atoms with E-state index in [9.17, 15) is 13.2 Å². The maximum absolute atomic E-state index is 13.1. The molecule has 1 aliphatic rings. The van der Waals surface area contributed by atoms with Gasteiger partial charge in [0.15, 0.2) is 11.5 Å². The van der Waals surface area contributed by atoms with Crippen LogP contribution in [0.15, 0.2) is 24.3 Å². The first-order valence-electron chi connectivity index (χ1n) is 11.5. The van der Waals surface area contributed by atoms with Crippen LogP contribution in [0.1, 0.15) is 29.9 Å². The Bertz CT molecular complexity index is 1200. The summed E-state index contributed by atoms with van der Waals surface area (Å²) in [6.07, 6.45) is -2.15. The Kier molecular flexibility index (Phi) is 7.94. The van der Waals surface area contributed by atoms with Crippen molar-refractivity contribution in [2.75, 3.05) is 44.6 Å². The van der Waals surface area contributed by atoms with Crippen LogP contribution in [0, 0.1) is 6.92 Å². The van der Waals surface area contributed by atoms with Crippen molar-refractivity contribution in [1.29, 1.82) is 0 Å². The number of alkyl halides is 3. The third-order valence-corrected chi connectivity index (χ3v) is 5.29. The number of nitrogen functional groups attached to an aromatic ring is 1. The van der Waals surface area contributed by atoms with Gasteiger partial charge in [-0.2, -0.15) is 13.2 Å². The molecule has 1 saturated carbocycles. The molecule has 194 valence electrons. The first-order chi connectivity index (χ1) is 17.2. The zero-order valence-corrected chi connectivity index (χ0v) is 20.0. The lowest BCUT2D eigenvalue weighted by Crippen LogP contribution is -2.12. The van der Waals surface area contributed by atoms with Crippen LogP contribution < -0.4 is 20.5 Å². The SMILES string of the molecule is COCCOc1cc2nc(C)nc(NCc3cc(N)nc(C(F)(F)F)c3)c2cc1OCCOC1CC1. The molecular formula is C24H28F3N5O4. The fourth-order valence-electron chi connectivity index (χ4n) is 3.49. The molecule has 0 unspecified atom stereocenters. The van der Waals surface area contributed by atoms with E-state index in [1.807, 2.05) is 0 Å². The molecule has 3 N–H and O–H groups in total. The predicted octanol–water partition coefficient (Wildman–Crippen LogP) is 4.13. The standard InChI is InChI=1S/C24H28F3N5O4/c1-14-30-18-12-20(35-6-5-33-2)19(36-8-7-34-16-3-4-16)11-17(18)23(31-14)29-13-15-9-21(24(25,26)27)32-22(28)10-15/h9-12,16H,3-8,13H2,1-2H3,(H2,28,32)(H,29,30,31). The zero-order chi connectivity index (χ0) is 25.7. The van der Waals surface area contributed by atoms with Gasteiger partial charge in [-0.3, -0.25) is 0 Å². The van der Waals surface area contributed by atoms with Crippen molar-refractivity contribution < 1.29 is 32.1 Å². The average Bonchev–Trinajstić information content (AvgIpc) is 3.64. The number of nitrogens with two attached hydrogens (primary N) is 1. The summed E-state index contributed by atoms with van der Waals surface area (Å²) in [5.41, 5.74) is 5.44. The van der Waals surface area contributed by atoms with E-state index in [0.29, 0.717) is 72.1 Å². The number of halogens is 3. The number of fused-ring (bicyclic) bond motifs is 1. The van der Waals surface area contributed by atoms with E-state index in [0.717, 1.165) is 18.9 Å².